The highest BCUT2D eigenvalue weighted by molar-refractivity contribution is 6.19. The molecular formula is C21H21FN2O8. The SMILES string of the molecule is NC(Cc1ccc(O)cc1C(=O)C(F)C(=O)c1cc(O)ccc1CC(N)C(=O)O)C(=O)O. The number of carboxylic acids is 2. The highest BCUT2D eigenvalue weighted by Crippen LogP contribution is 2.25. The van der Waals surface area contributed by atoms with Crippen LogP contribution in [0.3, 0.4) is 0 Å². The summed E-state index contributed by atoms with van der Waals surface area (Å²) in [5.41, 5.74) is 10.1. The predicted octanol–water partition coefficient (Wildman–Crippen LogP) is 0.410. The number of Topliss-reactive ketones (excluding diaryl/α,β-unsaturated/α-hetero) is 2. The molecule has 8 N–H and O–H groups in total. The summed E-state index contributed by atoms with van der Waals surface area (Å²) in [6.07, 6.45) is -3.54. The first-order valence-corrected chi connectivity index (χ1v) is 9.25. The first-order chi connectivity index (χ1) is 14.9. The maximum absolute atomic E-state index is 15.0. The minimum atomic E-state index is -2.79. The molecule has 2 rings (SSSR count). The maximum Gasteiger partial charge on any atom is 0.320 e. The van der Waals surface area contributed by atoms with E-state index in [1.165, 1.54) is 12.1 Å². The molecule has 0 bridgehead atoms. The average molecular weight is 448 g/mol. The molecule has 11 heteroatoms. The molecule has 0 aliphatic rings. The Morgan fingerprint density at radius 2 is 1.09 bits per heavy atom. The molecule has 0 heterocycles. The zero-order valence-electron chi connectivity index (χ0n) is 16.6. The monoisotopic (exact) mass is 448 g/mol. The Kier molecular flexibility index (Phi) is 7.63. The molecule has 0 aromatic heterocycles. The number of rotatable bonds is 10. The first kappa shape index (κ1) is 24.4. The lowest BCUT2D eigenvalue weighted by atomic mass is 9.90. The molecule has 0 amide bonds. The van der Waals surface area contributed by atoms with Crippen LogP contribution < -0.4 is 11.5 Å². The summed E-state index contributed by atoms with van der Waals surface area (Å²) in [5, 5.41) is 37.3. The number of ketones is 2. The van der Waals surface area contributed by atoms with Crippen LogP contribution >= 0.6 is 0 Å². The van der Waals surface area contributed by atoms with Gasteiger partial charge in [-0.15, -0.1) is 0 Å². The Morgan fingerprint density at radius 3 is 1.41 bits per heavy atom. The quantitative estimate of drug-likeness (QED) is 0.218. The van der Waals surface area contributed by atoms with Crippen LogP contribution in [-0.4, -0.2) is 62.2 Å². The van der Waals surface area contributed by atoms with Crippen LogP contribution in [0.2, 0.25) is 0 Å². The molecule has 32 heavy (non-hydrogen) atoms. The van der Waals surface area contributed by atoms with Gasteiger partial charge in [-0.1, -0.05) is 12.1 Å². The fourth-order valence-corrected chi connectivity index (χ4v) is 2.98. The molecule has 170 valence electrons. The number of phenolic OH excluding ortho intramolecular Hbond substituents is 2. The molecule has 2 unspecified atom stereocenters. The largest absolute Gasteiger partial charge is 0.508 e. The van der Waals surface area contributed by atoms with E-state index < -0.39 is 64.4 Å². The minimum Gasteiger partial charge on any atom is -0.508 e. The number of halogens is 1. The third-order valence-corrected chi connectivity index (χ3v) is 4.69. The van der Waals surface area contributed by atoms with Gasteiger partial charge >= 0.3 is 11.9 Å². The highest BCUT2D eigenvalue weighted by atomic mass is 19.1. The van der Waals surface area contributed by atoms with E-state index in [-0.39, 0.29) is 24.0 Å². The third kappa shape index (κ3) is 5.65. The molecule has 0 spiro atoms. The van der Waals surface area contributed by atoms with Crippen molar-refractivity contribution in [2.45, 2.75) is 31.1 Å². The Bertz CT molecular complexity index is 988. The van der Waals surface area contributed by atoms with Gasteiger partial charge in [-0.25, -0.2) is 4.39 Å². The normalized spacial score (nSPS) is 13.7. The van der Waals surface area contributed by atoms with Crippen molar-refractivity contribution >= 4 is 23.5 Å². The lowest BCUT2D eigenvalue weighted by molar-refractivity contribution is -0.139. The molecule has 10 nitrogen and oxygen atoms in total. The van der Waals surface area contributed by atoms with Crippen molar-refractivity contribution in [1.82, 2.24) is 0 Å². The number of hydrogen-bond acceptors (Lipinski definition) is 8. The summed E-state index contributed by atoms with van der Waals surface area (Å²) in [7, 11) is 0. The number of aromatic hydroxyl groups is 2. The van der Waals surface area contributed by atoms with E-state index in [4.69, 9.17) is 21.7 Å². The topological polar surface area (TPSA) is 201 Å². The average Bonchev–Trinajstić information content (AvgIpc) is 2.74. The van der Waals surface area contributed by atoms with Crippen LogP contribution in [0.5, 0.6) is 11.5 Å². The number of carbonyl (C=O) groups is 4. The van der Waals surface area contributed by atoms with E-state index in [1.54, 1.807) is 0 Å². The third-order valence-electron chi connectivity index (χ3n) is 4.69. The predicted molar refractivity (Wildman–Crippen MR) is 108 cm³/mol. The standard InChI is InChI=1S/C21H21FN2O8/c22-17(18(27)13-7-11(25)3-1-9(13)5-15(23)20(29)30)19(28)14-8-12(26)4-2-10(14)6-16(24)21(31)32/h1-4,7-8,15-17,25-26H,5-6,23-24H2,(H,29,30)(H,31,32). The van der Waals surface area contributed by atoms with E-state index in [2.05, 4.69) is 0 Å². The second kappa shape index (κ2) is 9.98. The number of aliphatic carboxylic acids is 2. The highest BCUT2D eigenvalue weighted by Gasteiger charge is 2.32. The molecule has 0 aliphatic carbocycles. The van der Waals surface area contributed by atoms with Crippen LogP contribution in [0.15, 0.2) is 36.4 Å². The molecule has 0 aliphatic heterocycles. The number of benzene rings is 2. The smallest absolute Gasteiger partial charge is 0.320 e. The lowest BCUT2D eigenvalue weighted by Crippen LogP contribution is -2.34. The van der Waals surface area contributed by atoms with Crippen molar-refractivity contribution in [2.75, 3.05) is 0 Å². The summed E-state index contributed by atoms with van der Waals surface area (Å²) in [5.74, 6) is -6.32. The molecule has 0 radical (unpaired) electrons. The fourth-order valence-electron chi connectivity index (χ4n) is 2.98. The number of nitrogens with two attached hydrogens (primary N) is 2. The van der Waals surface area contributed by atoms with Crippen LogP contribution in [0.25, 0.3) is 0 Å². The summed E-state index contributed by atoms with van der Waals surface area (Å²) in [6.45, 7) is 0. The van der Waals surface area contributed by atoms with E-state index in [9.17, 15) is 29.4 Å². The Hall–Kier alpha value is -3.83. The summed E-state index contributed by atoms with van der Waals surface area (Å²) in [6, 6.07) is 3.60. The number of alkyl halides is 1. The van der Waals surface area contributed by atoms with Gasteiger partial charge in [0.1, 0.15) is 23.6 Å². The van der Waals surface area contributed by atoms with Gasteiger partial charge in [-0.3, -0.25) is 19.2 Å². The van der Waals surface area contributed by atoms with Gasteiger partial charge in [0.15, 0.2) is 0 Å². The molecule has 0 fully saturated rings. The minimum absolute atomic E-state index is 0.00202. The Balaban J connectivity index is 2.41. The fraction of sp³-hybridized carbons (Fsp3) is 0.238. The number of carboxylic acid groups (broad SMARTS) is 2. The first-order valence-electron chi connectivity index (χ1n) is 9.25. The second-order valence-corrected chi connectivity index (χ2v) is 7.07. The van der Waals surface area contributed by atoms with E-state index >= 15 is 4.39 Å². The molecule has 2 aromatic carbocycles. The van der Waals surface area contributed by atoms with E-state index in [0.717, 1.165) is 24.3 Å². The van der Waals surface area contributed by atoms with Gasteiger partial charge in [0, 0.05) is 11.1 Å². The van der Waals surface area contributed by atoms with Crippen molar-refractivity contribution < 1.29 is 44.0 Å². The van der Waals surface area contributed by atoms with Gasteiger partial charge in [0.25, 0.3) is 0 Å². The number of hydrogen-bond donors (Lipinski definition) is 6. The Morgan fingerprint density at radius 1 is 0.750 bits per heavy atom. The van der Waals surface area contributed by atoms with Gasteiger partial charge < -0.3 is 31.9 Å². The molecular weight excluding hydrogens is 427 g/mol. The van der Waals surface area contributed by atoms with Crippen molar-refractivity contribution in [3.63, 3.8) is 0 Å². The van der Waals surface area contributed by atoms with E-state index in [0.29, 0.717) is 0 Å². The van der Waals surface area contributed by atoms with E-state index in [1.807, 2.05) is 0 Å². The van der Waals surface area contributed by atoms with Crippen molar-refractivity contribution in [3.05, 3.63) is 58.7 Å². The lowest BCUT2D eigenvalue weighted by Gasteiger charge is -2.16. The zero-order valence-corrected chi connectivity index (χ0v) is 16.6. The summed E-state index contributed by atoms with van der Waals surface area (Å²) < 4.78 is 15.0. The van der Waals surface area contributed by atoms with Gasteiger partial charge in [-0.2, -0.15) is 0 Å². The molecule has 2 atom stereocenters. The molecule has 0 saturated carbocycles. The maximum atomic E-state index is 15.0. The Labute approximate surface area is 180 Å². The second-order valence-electron chi connectivity index (χ2n) is 7.07. The van der Waals surface area contributed by atoms with Gasteiger partial charge in [0.05, 0.1) is 0 Å². The summed E-state index contributed by atoms with van der Waals surface area (Å²) in [4.78, 5) is 47.5. The van der Waals surface area contributed by atoms with Crippen LogP contribution in [0, 0.1) is 0 Å². The van der Waals surface area contributed by atoms with Gasteiger partial charge in [-0.05, 0) is 48.2 Å². The van der Waals surface area contributed by atoms with Crippen molar-refractivity contribution in [3.8, 4) is 11.5 Å². The van der Waals surface area contributed by atoms with Crippen molar-refractivity contribution in [2.24, 2.45) is 11.5 Å². The van der Waals surface area contributed by atoms with Crippen LogP contribution in [0.4, 0.5) is 4.39 Å². The molecule has 2 aromatic rings. The number of carbonyl (C=O) groups excluding carboxylic acids is 2. The molecule has 0 saturated heterocycles. The number of phenols is 2. The van der Waals surface area contributed by atoms with Crippen LogP contribution in [-0.2, 0) is 22.4 Å². The van der Waals surface area contributed by atoms with Gasteiger partial charge in [0.2, 0.25) is 17.7 Å². The van der Waals surface area contributed by atoms with Crippen LogP contribution in [0.1, 0.15) is 31.8 Å². The zero-order chi connectivity index (χ0) is 24.2. The van der Waals surface area contributed by atoms with Crippen molar-refractivity contribution in [1.29, 1.82) is 0 Å². The summed E-state index contributed by atoms with van der Waals surface area (Å²) >= 11 is 0.